The number of fused-ring (bicyclic) bond motifs is 1. The van der Waals surface area contributed by atoms with Crippen LogP contribution in [0.3, 0.4) is 0 Å². The van der Waals surface area contributed by atoms with E-state index in [9.17, 15) is 14.3 Å². The molecule has 0 saturated carbocycles. The van der Waals surface area contributed by atoms with Gasteiger partial charge in [0.1, 0.15) is 25.4 Å². The summed E-state index contributed by atoms with van der Waals surface area (Å²) in [6, 6.07) is 10.6. The van der Waals surface area contributed by atoms with Crippen molar-refractivity contribution in [2.75, 3.05) is 18.5 Å². The van der Waals surface area contributed by atoms with Crippen LogP contribution in [-0.2, 0) is 6.54 Å². The number of anilines is 1. The fraction of sp³-hybridized carbons (Fsp3) is 0.211. The molecule has 9 heteroatoms. The molecule has 0 fully saturated rings. The van der Waals surface area contributed by atoms with Crippen LogP contribution < -0.4 is 14.8 Å². The van der Waals surface area contributed by atoms with Gasteiger partial charge in [-0.3, -0.25) is 4.79 Å². The average molecular weight is 384 g/mol. The van der Waals surface area contributed by atoms with E-state index in [0.29, 0.717) is 36.0 Å². The maximum Gasteiger partial charge on any atom is 0.295 e. The number of aromatic nitrogens is 3. The van der Waals surface area contributed by atoms with Gasteiger partial charge in [-0.25, -0.2) is 14.1 Å². The molecule has 2 aromatic carbocycles. The third-order valence-corrected chi connectivity index (χ3v) is 4.15. The zero-order valence-electron chi connectivity index (χ0n) is 14.7. The van der Waals surface area contributed by atoms with Gasteiger partial charge in [-0.1, -0.05) is 12.1 Å². The second kappa shape index (κ2) is 7.65. The smallest absolute Gasteiger partial charge is 0.295 e. The average Bonchev–Trinajstić information content (AvgIpc) is 3.17. The Kier molecular flexibility index (Phi) is 4.90. The van der Waals surface area contributed by atoms with Gasteiger partial charge in [-0.15, -0.1) is 5.10 Å². The predicted octanol–water partition coefficient (Wildman–Crippen LogP) is 2.17. The lowest BCUT2D eigenvalue weighted by atomic mass is 10.1. The van der Waals surface area contributed by atoms with Crippen LogP contribution in [0, 0.1) is 5.82 Å². The summed E-state index contributed by atoms with van der Waals surface area (Å²) in [7, 11) is 0. The quantitative estimate of drug-likeness (QED) is 0.700. The molecule has 1 aromatic heterocycles. The number of carbonyl (C=O) groups excluding carboxylic acids is 1. The summed E-state index contributed by atoms with van der Waals surface area (Å²) in [6.45, 7) is 1.02. The van der Waals surface area contributed by atoms with Crippen molar-refractivity contribution in [1.29, 1.82) is 0 Å². The molecule has 0 aliphatic carbocycles. The molecule has 1 amide bonds. The van der Waals surface area contributed by atoms with E-state index in [1.54, 1.807) is 18.2 Å². The van der Waals surface area contributed by atoms with Crippen molar-refractivity contribution in [2.45, 2.75) is 12.6 Å². The van der Waals surface area contributed by atoms with E-state index in [2.05, 4.69) is 15.4 Å². The lowest BCUT2D eigenvalue weighted by molar-refractivity contribution is 0.101. The van der Waals surface area contributed by atoms with Crippen LogP contribution in [0.15, 0.2) is 48.8 Å². The van der Waals surface area contributed by atoms with Gasteiger partial charge in [-0.05, 0) is 29.8 Å². The van der Waals surface area contributed by atoms with Crippen molar-refractivity contribution in [3.63, 3.8) is 0 Å². The molecule has 8 nitrogen and oxygen atoms in total. The first-order chi connectivity index (χ1) is 13.6. The maximum absolute atomic E-state index is 13.0. The van der Waals surface area contributed by atoms with Gasteiger partial charge in [0.2, 0.25) is 5.82 Å². The summed E-state index contributed by atoms with van der Waals surface area (Å²) >= 11 is 0. The number of nitrogens with one attached hydrogen (secondary N) is 1. The zero-order valence-corrected chi connectivity index (χ0v) is 14.7. The molecule has 4 rings (SSSR count). The molecule has 0 unspecified atom stereocenters. The molecule has 0 spiro atoms. The predicted molar refractivity (Wildman–Crippen MR) is 96.8 cm³/mol. The molecule has 3 aromatic rings. The molecular formula is C19H17FN4O4. The molecule has 1 aliphatic heterocycles. The number of carbonyl (C=O) groups is 1. The lowest BCUT2D eigenvalue weighted by Crippen LogP contribution is -2.17. The van der Waals surface area contributed by atoms with Crippen LogP contribution in [0.4, 0.5) is 10.1 Å². The Morgan fingerprint density at radius 2 is 1.93 bits per heavy atom. The first-order valence-corrected chi connectivity index (χ1v) is 8.62. The van der Waals surface area contributed by atoms with Gasteiger partial charge in [0.25, 0.3) is 5.91 Å². The Morgan fingerprint density at radius 1 is 1.18 bits per heavy atom. The molecule has 0 saturated heterocycles. The molecule has 28 heavy (non-hydrogen) atoms. The number of amides is 1. The van der Waals surface area contributed by atoms with Gasteiger partial charge in [0.05, 0.1) is 12.6 Å². The zero-order chi connectivity index (χ0) is 19.5. The normalized spacial score (nSPS) is 13.8. The van der Waals surface area contributed by atoms with Crippen molar-refractivity contribution < 1.29 is 23.8 Å². The molecular weight excluding hydrogens is 367 g/mol. The summed E-state index contributed by atoms with van der Waals surface area (Å²) in [5.74, 6) is 0.272. The first kappa shape index (κ1) is 17.9. The highest BCUT2D eigenvalue weighted by Gasteiger charge is 2.17. The second-order valence-electron chi connectivity index (χ2n) is 6.17. The molecule has 2 heterocycles. The molecule has 144 valence electrons. The number of hydrogen-bond acceptors (Lipinski definition) is 6. The highest BCUT2D eigenvalue weighted by atomic mass is 19.1. The van der Waals surface area contributed by atoms with E-state index in [4.69, 9.17) is 9.47 Å². The van der Waals surface area contributed by atoms with E-state index in [1.807, 2.05) is 0 Å². The van der Waals surface area contributed by atoms with E-state index in [0.717, 1.165) is 0 Å². The van der Waals surface area contributed by atoms with Crippen LogP contribution in [0.25, 0.3) is 0 Å². The van der Waals surface area contributed by atoms with Crippen LogP contribution in [0.1, 0.15) is 22.3 Å². The lowest BCUT2D eigenvalue weighted by Gasteiger charge is -2.18. The van der Waals surface area contributed by atoms with Crippen LogP contribution in [0.2, 0.25) is 0 Å². The van der Waals surface area contributed by atoms with Crippen LogP contribution >= 0.6 is 0 Å². The van der Waals surface area contributed by atoms with Crippen molar-refractivity contribution in [3.05, 3.63) is 66.0 Å². The Bertz CT molecular complexity index is 990. The largest absolute Gasteiger partial charge is 0.486 e. The standard InChI is InChI=1S/C19H17FN4O4/c20-13-3-1-12(2-4-13)15(25)10-24-11-21-18(23-24)19(26)22-14-5-6-16-17(9-14)28-8-7-27-16/h1-6,9,11,15,25H,7-8,10H2,(H,22,26)/t15-/m1/s1. The molecule has 1 aliphatic rings. The Hall–Kier alpha value is -3.46. The minimum atomic E-state index is -0.906. The highest BCUT2D eigenvalue weighted by Crippen LogP contribution is 2.32. The van der Waals surface area contributed by atoms with Crippen molar-refractivity contribution in [2.24, 2.45) is 0 Å². The van der Waals surface area contributed by atoms with Crippen LogP contribution in [-0.4, -0.2) is 39.0 Å². The number of benzene rings is 2. The molecule has 0 bridgehead atoms. The number of hydrogen-bond donors (Lipinski definition) is 2. The van der Waals surface area contributed by atoms with Crippen molar-refractivity contribution >= 4 is 11.6 Å². The van der Waals surface area contributed by atoms with Gasteiger partial charge in [0, 0.05) is 11.8 Å². The van der Waals surface area contributed by atoms with E-state index >= 15 is 0 Å². The second-order valence-corrected chi connectivity index (χ2v) is 6.17. The van der Waals surface area contributed by atoms with E-state index in [-0.39, 0.29) is 18.2 Å². The molecule has 0 radical (unpaired) electrons. The fourth-order valence-corrected chi connectivity index (χ4v) is 2.76. The monoisotopic (exact) mass is 384 g/mol. The summed E-state index contributed by atoms with van der Waals surface area (Å²) < 4.78 is 25.3. The third kappa shape index (κ3) is 3.94. The number of ether oxygens (including phenoxy) is 2. The SMILES string of the molecule is O=C(Nc1ccc2c(c1)OCCO2)c1ncn(C[C@@H](O)c2ccc(F)cc2)n1. The van der Waals surface area contributed by atoms with Crippen LogP contribution in [0.5, 0.6) is 11.5 Å². The Morgan fingerprint density at radius 3 is 2.71 bits per heavy atom. The minimum Gasteiger partial charge on any atom is -0.486 e. The number of aliphatic hydroxyl groups excluding tert-OH is 1. The van der Waals surface area contributed by atoms with E-state index < -0.39 is 12.0 Å². The van der Waals surface area contributed by atoms with Gasteiger partial charge in [0.15, 0.2) is 11.5 Å². The topological polar surface area (TPSA) is 98.5 Å². The maximum atomic E-state index is 13.0. The summed E-state index contributed by atoms with van der Waals surface area (Å²) in [4.78, 5) is 16.3. The fourth-order valence-electron chi connectivity index (χ4n) is 2.76. The summed E-state index contributed by atoms with van der Waals surface area (Å²) in [6.07, 6.45) is 0.446. The number of rotatable bonds is 5. The molecule has 1 atom stereocenters. The first-order valence-electron chi connectivity index (χ1n) is 8.62. The van der Waals surface area contributed by atoms with Gasteiger partial charge < -0.3 is 19.9 Å². The number of aliphatic hydroxyl groups is 1. The van der Waals surface area contributed by atoms with Crippen molar-refractivity contribution in [1.82, 2.24) is 14.8 Å². The third-order valence-electron chi connectivity index (χ3n) is 4.15. The van der Waals surface area contributed by atoms with Gasteiger partial charge in [-0.2, -0.15) is 0 Å². The Labute approximate surface area is 159 Å². The highest BCUT2D eigenvalue weighted by molar-refractivity contribution is 6.01. The number of nitrogens with zero attached hydrogens (tertiary/aromatic N) is 3. The van der Waals surface area contributed by atoms with Gasteiger partial charge >= 0.3 is 0 Å². The minimum absolute atomic E-state index is 0.0406. The molecule has 2 N–H and O–H groups in total. The van der Waals surface area contributed by atoms with E-state index in [1.165, 1.54) is 35.3 Å². The summed E-state index contributed by atoms with van der Waals surface area (Å²) in [5, 5.41) is 17.0. The summed E-state index contributed by atoms with van der Waals surface area (Å²) in [5.41, 5.74) is 1.07. The Balaban J connectivity index is 1.40. The number of halogens is 1. The van der Waals surface area contributed by atoms with Crippen molar-refractivity contribution in [3.8, 4) is 11.5 Å².